The summed E-state index contributed by atoms with van der Waals surface area (Å²) in [6, 6.07) is 11.2. The third kappa shape index (κ3) is 4.07. The van der Waals surface area contributed by atoms with Gasteiger partial charge in [0, 0.05) is 0 Å². The molecule has 7 heteroatoms. The van der Waals surface area contributed by atoms with Crippen LogP contribution in [0.1, 0.15) is 11.1 Å². The molecule has 0 atom stereocenters. The number of para-hydroxylation sites is 2. The van der Waals surface area contributed by atoms with Crippen LogP contribution in [0.3, 0.4) is 0 Å². The first-order valence-corrected chi connectivity index (χ1v) is 6.13. The first-order valence-electron chi connectivity index (χ1n) is 6.13. The SMILES string of the molecule is COc1cccc(C=NNC(=[OH+])c2ccccc2[O-])c1[OH2+].[Pd+2]. The van der Waals surface area contributed by atoms with Crippen molar-refractivity contribution in [2.75, 3.05) is 7.11 Å². The van der Waals surface area contributed by atoms with E-state index in [4.69, 9.17) is 9.84 Å². The van der Waals surface area contributed by atoms with Gasteiger partial charge >= 0.3 is 32.1 Å². The summed E-state index contributed by atoms with van der Waals surface area (Å²) >= 11 is 0. The van der Waals surface area contributed by atoms with Gasteiger partial charge in [-0.05, 0) is 18.2 Å². The van der Waals surface area contributed by atoms with E-state index >= 15 is 0 Å². The van der Waals surface area contributed by atoms with Crippen LogP contribution in [0, 0.1) is 0 Å². The maximum atomic E-state index is 11.5. The number of benzene rings is 2. The molecular formula is C15H15N2O4Pd+3. The molecule has 116 valence electrons. The van der Waals surface area contributed by atoms with Crippen molar-refractivity contribution in [1.29, 1.82) is 0 Å². The number of hydrogen-bond donors (Lipinski definition) is 1. The van der Waals surface area contributed by atoms with Crippen LogP contribution in [0.2, 0.25) is 0 Å². The topological polar surface area (TPSA) is 101 Å². The predicted octanol–water partition coefficient (Wildman–Crippen LogP) is 0.678. The van der Waals surface area contributed by atoms with E-state index in [1.807, 2.05) is 0 Å². The summed E-state index contributed by atoms with van der Waals surface area (Å²) in [5.74, 6) is -0.0298. The molecule has 0 heterocycles. The molecule has 0 radical (unpaired) electrons. The number of nitrogens with zero attached hydrogens (tertiary/aromatic N) is 1. The van der Waals surface area contributed by atoms with Gasteiger partial charge in [0.15, 0.2) is 0 Å². The van der Waals surface area contributed by atoms with Gasteiger partial charge in [0.2, 0.25) is 5.75 Å². The van der Waals surface area contributed by atoms with E-state index in [1.165, 1.54) is 25.5 Å². The number of rotatable bonds is 4. The Balaban J connectivity index is 0.00000242. The van der Waals surface area contributed by atoms with Crippen LogP contribution in [0.15, 0.2) is 47.6 Å². The van der Waals surface area contributed by atoms with Gasteiger partial charge in [-0.3, -0.25) is 4.79 Å². The largest absolute Gasteiger partial charge is 2.00 e. The van der Waals surface area contributed by atoms with E-state index in [-0.39, 0.29) is 43.4 Å². The molecule has 0 spiro atoms. The number of methoxy groups -OCH3 is 1. The number of amides is 1. The Morgan fingerprint density at radius 2 is 2.00 bits per heavy atom. The standard InChI is InChI=1S/C15H14N2O4.Pd/c1-21-13-8-4-5-10(14(13)19)9-16-17-15(20)11-6-2-3-7-12(11)18;/h2-9,18-19H,1H3,(H,17,20);/q;+2/p+1. The third-order valence-electron chi connectivity index (χ3n) is 2.79. The molecule has 0 saturated carbocycles. The van der Waals surface area contributed by atoms with Crippen LogP contribution in [0.4, 0.5) is 0 Å². The Bertz CT molecular complexity index is 689. The van der Waals surface area contributed by atoms with Crippen LogP contribution < -0.4 is 15.3 Å². The van der Waals surface area contributed by atoms with Crippen molar-refractivity contribution in [3.63, 3.8) is 0 Å². The Kier molecular flexibility index (Phi) is 6.57. The minimum atomic E-state index is -0.341. The van der Waals surface area contributed by atoms with Gasteiger partial charge in [0.1, 0.15) is 0 Å². The quantitative estimate of drug-likeness (QED) is 0.357. The molecule has 0 aromatic heterocycles. The van der Waals surface area contributed by atoms with Crippen LogP contribution in [-0.4, -0.2) is 29.1 Å². The second-order valence-electron chi connectivity index (χ2n) is 4.14. The van der Waals surface area contributed by atoms with E-state index < -0.39 is 0 Å². The molecule has 0 unspecified atom stereocenters. The maximum Gasteiger partial charge on any atom is 2.00 e. The van der Waals surface area contributed by atoms with Gasteiger partial charge < -0.3 is 14.9 Å². The zero-order valence-electron chi connectivity index (χ0n) is 11.6. The Hall–Kier alpha value is -2.36. The summed E-state index contributed by atoms with van der Waals surface area (Å²) < 4.78 is 5.03. The van der Waals surface area contributed by atoms with Gasteiger partial charge in [-0.15, -0.1) is 0 Å². The van der Waals surface area contributed by atoms with Gasteiger partial charge in [-0.2, -0.15) is 10.5 Å². The van der Waals surface area contributed by atoms with Crippen LogP contribution >= 0.6 is 0 Å². The van der Waals surface area contributed by atoms with Crippen molar-refractivity contribution in [2.24, 2.45) is 5.10 Å². The second kappa shape index (κ2) is 8.17. The predicted molar refractivity (Wildman–Crippen MR) is 78.7 cm³/mol. The van der Waals surface area contributed by atoms with E-state index in [2.05, 4.69) is 10.5 Å². The summed E-state index contributed by atoms with van der Waals surface area (Å²) in [5.41, 5.74) is 3.02. The first-order chi connectivity index (χ1) is 10.1. The monoisotopic (exact) mass is 393 g/mol. The molecule has 2 aromatic carbocycles. The number of nitrogens with one attached hydrogen (secondary N) is 1. The zero-order chi connectivity index (χ0) is 15.2. The normalized spacial score (nSPS) is 10.0. The molecule has 0 fully saturated rings. The van der Waals surface area contributed by atoms with E-state index in [0.717, 1.165) is 0 Å². The first kappa shape index (κ1) is 17.7. The number of hydrazone groups is 1. The molecule has 0 bridgehead atoms. The minimum Gasteiger partial charge on any atom is -0.872 e. The Morgan fingerprint density at radius 1 is 1.27 bits per heavy atom. The van der Waals surface area contributed by atoms with E-state index in [9.17, 15) is 9.90 Å². The van der Waals surface area contributed by atoms with Crippen molar-refractivity contribution in [1.82, 2.24) is 5.43 Å². The smallest absolute Gasteiger partial charge is 0.872 e. The number of ether oxygens (including phenoxy) is 1. The van der Waals surface area contributed by atoms with E-state index in [1.54, 1.807) is 30.3 Å². The van der Waals surface area contributed by atoms with E-state index in [0.29, 0.717) is 11.3 Å². The molecule has 2 rings (SSSR count). The molecule has 4 N–H and O–H groups in total. The fourth-order valence-corrected chi connectivity index (χ4v) is 1.71. The van der Waals surface area contributed by atoms with Crippen molar-refractivity contribution in [3.05, 3.63) is 53.6 Å². The summed E-state index contributed by atoms with van der Waals surface area (Å²) in [7, 11) is 1.48. The average Bonchev–Trinajstić information content (AvgIpc) is 2.49. The number of carbonyl (C=O) groups excluding carboxylic acids is 1. The molecule has 6 nitrogen and oxygen atoms in total. The van der Waals surface area contributed by atoms with Gasteiger partial charge in [0.05, 0.1) is 24.5 Å². The molecule has 0 aliphatic heterocycles. The molecule has 1 amide bonds. The Labute approximate surface area is 141 Å². The summed E-state index contributed by atoms with van der Waals surface area (Å²) in [4.78, 5) is 9.77. The molecular weight excluding hydrogens is 379 g/mol. The average molecular weight is 394 g/mol. The van der Waals surface area contributed by atoms with Crippen molar-refractivity contribution >= 4 is 12.1 Å². The van der Waals surface area contributed by atoms with Gasteiger partial charge in [-0.25, -0.2) is 0 Å². The zero-order valence-corrected chi connectivity index (χ0v) is 13.2. The summed E-state index contributed by atoms with van der Waals surface area (Å²) in [6.07, 6.45) is 1.37. The summed E-state index contributed by atoms with van der Waals surface area (Å²) in [5, 5.41) is 23.2. The van der Waals surface area contributed by atoms with Crippen LogP contribution in [-0.2, 0) is 20.4 Å². The molecule has 0 saturated heterocycles. The third-order valence-corrected chi connectivity index (χ3v) is 2.79. The van der Waals surface area contributed by atoms with Crippen molar-refractivity contribution < 1.29 is 40.2 Å². The van der Waals surface area contributed by atoms with Crippen molar-refractivity contribution in [2.45, 2.75) is 0 Å². The maximum absolute atomic E-state index is 11.5. The molecule has 2 aromatic rings. The van der Waals surface area contributed by atoms with Crippen LogP contribution in [0.5, 0.6) is 17.2 Å². The number of hydrogen-bond acceptors (Lipinski definition) is 3. The fourth-order valence-electron chi connectivity index (χ4n) is 1.71. The Morgan fingerprint density at radius 3 is 2.68 bits per heavy atom. The van der Waals surface area contributed by atoms with Crippen LogP contribution in [0.25, 0.3) is 0 Å². The minimum absolute atomic E-state index is 0. The summed E-state index contributed by atoms with van der Waals surface area (Å²) in [6.45, 7) is 0. The molecule has 0 aliphatic rings. The fraction of sp³-hybridized carbons (Fsp3) is 0.0667. The molecule has 0 aliphatic carbocycles. The van der Waals surface area contributed by atoms with Gasteiger partial charge in [0.25, 0.3) is 0 Å². The van der Waals surface area contributed by atoms with Crippen molar-refractivity contribution in [3.8, 4) is 17.2 Å². The second-order valence-corrected chi connectivity index (χ2v) is 4.14. The molecule has 22 heavy (non-hydrogen) atoms. The van der Waals surface area contributed by atoms with Gasteiger partial charge in [-0.1, -0.05) is 30.0 Å².